The Morgan fingerprint density at radius 2 is 2.32 bits per heavy atom. The van der Waals surface area contributed by atoms with Gasteiger partial charge in [-0.15, -0.1) is 0 Å². The van der Waals surface area contributed by atoms with Crippen LogP contribution in [0.2, 0.25) is 0 Å². The van der Waals surface area contributed by atoms with E-state index in [-0.39, 0.29) is 0 Å². The average molecular weight is 314 g/mol. The number of nitrogens with zero attached hydrogens (tertiary/aromatic N) is 3. The van der Waals surface area contributed by atoms with Crippen LogP contribution in [0.15, 0.2) is 30.5 Å². The molecule has 6 heteroatoms. The van der Waals surface area contributed by atoms with Crippen LogP contribution in [0, 0.1) is 6.92 Å². The van der Waals surface area contributed by atoms with Crippen molar-refractivity contribution in [1.29, 1.82) is 0 Å². The van der Waals surface area contributed by atoms with E-state index < -0.39 is 0 Å². The van der Waals surface area contributed by atoms with Crippen LogP contribution in [0.1, 0.15) is 16.3 Å². The highest BCUT2D eigenvalue weighted by Gasteiger charge is 2.18. The third-order valence-corrected chi connectivity index (χ3v) is 4.73. The highest BCUT2D eigenvalue weighted by Crippen LogP contribution is 2.23. The van der Waals surface area contributed by atoms with Crippen LogP contribution in [0.3, 0.4) is 0 Å². The van der Waals surface area contributed by atoms with E-state index in [2.05, 4.69) is 27.5 Å². The van der Waals surface area contributed by atoms with Crippen molar-refractivity contribution in [2.24, 2.45) is 0 Å². The molecule has 1 atom stereocenters. The van der Waals surface area contributed by atoms with Crippen LogP contribution >= 0.6 is 11.3 Å². The molecule has 1 N–H and O–H groups in total. The number of benzene rings is 1. The summed E-state index contributed by atoms with van der Waals surface area (Å²) >= 11 is 1.63. The lowest BCUT2D eigenvalue weighted by molar-refractivity contribution is 0.239. The van der Waals surface area contributed by atoms with Gasteiger partial charge in [0.05, 0.1) is 11.9 Å². The Bertz CT molecular complexity index is 763. The highest BCUT2D eigenvalue weighted by atomic mass is 32.1. The van der Waals surface area contributed by atoms with Crippen molar-refractivity contribution in [3.05, 3.63) is 46.7 Å². The molecule has 0 saturated carbocycles. The highest BCUT2D eigenvalue weighted by molar-refractivity contribution is 7.16. The minimum atomic E-state index is 0.374. The fourth-order valence-corrected chi connectivity index (χ4v) is 3.57. The van der Waals surface area contributed by atoms with Crippen molar-refractivity contribution in [3.8, 4) is 5.75 Å². The van der Waals surface area contributed by atoms with E-state index >= 15 is 0 Å². The summed E-state index contributed by atoms with van der Waals surface area (Å²) in [4.78, 5) is 5.57. The molecule has 22 heavy (non-hydrogen) atoms. The molecule has 0 bridgehead atoms. The molecule has 1 unspecified atom stereocenters. The third kappa shape index (κ3) is 2.71. The molecular weight excluding hydrogens is 296 g/mol. The Labute approximate surface area is 133 Å². The number of hydrogen-bond acceptors (Lipinski definition) is 5. The summed E-state index contributed by atoms with van der Waals surface area (Å²) in [6, 6.07) is 8.64. The molecule has 1 aliphatic heterocycles. The largest absolute Gasteiger partial charge is 0.492 e. The molecule has 3 heterocycles. The third-order valence-electron chi connectivity index (χ3n) is 3.89. The first-order chi connectivity index (χ1) is 10.8. The van der Waals surface area contributed by atoms with Crippen LogP contribution in [-0.4, -0.2) is 33.8 Å². The second-order valence-electron chi connectivity index (χ2n) is 5.60. The second-order valence-corrected chi connectivity index (χ2v) is 6.76. The first-order valence-corrected chi connectivity index (χ1v) is 8.35. The average Bonchev–Trinajstić information content (AvgIpc) is 3.04. The van der Waals surface area contributed by atoms with Gasteiger partial charge in [0, 0.05) is 19.0 Å². The standard InChI is InChI=1S/C16H18N4OS/c1-11-19-20-9-13(18-16(20)22-11)6-7-17-14-8-12-4-2-3-5-15(12)21-10-14/h2-5,9,14,17H,6-8,10H2,1H3. The zero-order valence-electron chi connectivity index (χ0n) is 12.5. The van der Waals surface area contributed by atoms with E-state index in [9.17, 15) is 0 Å². The van der Waals surface area contributed by atoms with E-state index in [4.69, 9.17) is 4.74 Å². The van der Waals surface area contributed by atoms with Gasteiger partial charge in [-0.2, -0.15) is 5.10 Å². The van der Waals surface area contributed by atoms with Gasteiger partial charge in [-0.25, -0.2) is 9.50 Å². The maximum absolute atomic E-state index is 5.80. The van der Waals surface area contributed by atoms with Crippen molar-refractivity contribution in [3.63, 3.8) is 0 Å². The summed E-state index contributed by atoms with van der Waals surface area (Å²) in [6.07, 6.45) is 3.95. The van der Waals surface area contributed by atoms with E-state index in [1.54, 1.807) is 11.3 Å². The lowest BCUT2D eigenvalue weighted by Gasteiger charge is -2.26. The summed E-state index contributed by atoms with van der Waals surface area (Å²) in [5.74, 6) is 1.02. The molecule has 0 radical (unpaired) electrons. The van der Waals surface area contributed by atoms with Crippen LogP contribution in [0.5, 0.6) is 5.75 Å². The van der Waals surface area contributed by atoms with Crippen molar-refractivity contribution < 1.29 is 4.74 Å². The quantitative estimate of drug-likeness (QED) is 0.802. The monoisotopic (exact) mass is 314 g/mol. The molecule has 4 rings (SSSR count). The van der Waals surface area contributed by atoms with Gasteiger partial charge in [-0.1, -0.05) is 29.5 Å². The number of aryl methyl sites for hydroxylation is 1. The number of aromatic nitrogens is 3. The zero-order chi connectivity index (χ0) is 14.9. The minimum absolute atomic E-state index is 0.374. The topological polar surface area (TPSA) is 51.5 Å². The molecule has 0 amide bonds. The summed E-state index contributed by atoms with van der Waals surface area (Å²) in [5, 5.41) is 9.00. The zero-order valence-corrected chi connectivity index (χ0v) is 13.3. The smallest absolute Gasteiger partial charge is 0.212 e. The van der Waals surface area contributed by atoms with E-state index in [0.29, 0.717) is 6.04 Å². The van der Waals surface area contributed by atoms with Gasteiger partial charge in [0.1, 0.15) is 17.4 Å². The molecule has 0 saturated heterocycles. The molecule has 0 aliphatic carbocycles. The Morgan fingerprint density at radius 1 is 1.41 bits per heavy atom. The van der Waals surface area contributed by atoms with Gasteiger partial charge in [-0.3, -0.25) is 0 Å². The van der Waals surface area contributed by atoms with Crippen LogP contribution in [0.4, 0.5) is 0 Å². The number of hydrogen-bond donors (Lipinski definition) is 1. The van der Waals surface area contributed by atoms with E-state index in [1.807, 2.05) is 29.8 Å². The number of para-hydroxylation sites is 1. The molecule has 1 aliphatic rings. The first-order valence-electron chi connectivity index (χ1n) is 7.54. The Hall–Kier alpha value is -1.92. The van der Waals surface area contributed by atoms with Crippen LogP contribution < -0.4 is 10.1 Å². The van der Waals surface area contributed by atoms with Gasteiger partial charge < -0.3 is 10.1 Å². The fraction of sp³-hybridized carbons (Fsp3) is 0.375. The van der Waals surface area contributed by atoms with Crippen molar-refractivity contribution >= 4 is 16.3 Å². The molecule has 1 aromatic carbocycles. The molecule has 2 aromatic heterocycles. The minimum Gasteiger partial charge on any atom is -0.492 e. The SMILES string of the molecule is Cc1nn2cc(CCNC3COc4ccccc4C3)nc2s1. The number of imidazole rings is 1. The number of fused-ring (bicyclic) bond motifs is 2. The van der Waals surface area contributed by atoms with Gasteiger partial charge in [0.2, 0.25) is 4.96 Å². The predicted octanol–water partition coefficient (Wildman–Crippen LogP) is 2.24. The molecule has 0 fully saturated rings. The fourth-order valence-electron chi connectivity index (χ4n) is 2.83. The molecule has 5 nitrogen and oxygen atoms in total. The number of nitrogens with one attached hydrogen (secondary N) is 1. The maximum atomic E-state index is 5.80. The van der Waals surface area contributed by atoms with Crippen LogP contribution in [0.25, 0.3) is 4.96 Å². The number of ether oxygens (including phenoxy) is 1. The van der Waals surface area contributed by atoms with Crippen LogP contribution in [-0.2, 0) is 12.8 Å². The Kier molecular flexibility index (Phi) is 3.56. The summed E-state index contributed by atoms with van der Waals surface area (Å²) < 4.78 is 7.67. The van der Waals surface area contributed by atoms with E-state index in [1.165, 1.54) is 5.56 Å². The maximum Gasteiger partial charge on any atom is 0.212 e. The van der Waals surface area contributed by atoms with Gasteiger partial charge in [-0.05, 0) is 25.0 Å². The number of rotatable bonds is 4. The summed E-state index contributed by atoms with van der Waals surface area (Å²) in [6.45, 7) is 3.64. The summed E-state index contributed by atoms with van der Waals surface area (Å²) in [7, 11) is 0. The molecule has 0 spiro atoms. The van der Waals surface area contributed by atoms with Crippen molar-refractivity contribution in [2.75, 3.05) is 13.2 Å². The predicted molar refractivity (Wildman–Crippen MR) is 86.7 cm³/mol. The Balaban J connectivity index is 1.33. The molecule has 114 valence electrons. The normalized spacial score (nSPS) is 17.4. The first kappa shape index (κ1) is 13.7. The van der Waals surface area contributed by atoms with Crippen molar-refractivity contribution in [1.82, 2.24) is 19.9 Å². The van der Waals surface area contributed by atoms with E-state index in [0.717, 1.165) is 47.4 Å². The Morgan fingerprint density at radius 3 is 3.23 bits per heavy atom. The molecular formula is C16H18N4OS. The molecule has 3 aromatic rings. The van der Waals surface area contributed by atoms with Gasteiger partial charge >= 0.3 is 0 Å². The second kappa shape index (κ2) is 5.70. The lowest BCUT2D eigenvalue weighted by atomic mass is 10.0. The summed E-state index contributed by atoms with van der Waals surface area (Å²) in [5.41, 5.74) is 2.37. The van der Waals surface area contributed by atoms with Crippen molar-refractivity contribution in [2.45, 2.75) is 25.8 Å². The van der Waals surface area contributed by atoms with Gasteiger partial charge in [0.15, 0.2) is 0 Å². The lowest BCUT2D eigenvalue weighted by Crippen LogP contribution is -2.40. The van der Waals surface area contributed by atoms with Gasteiger partial charge in [0.25, 0.3) is 0 Å².